The van der Waals surface area contributed by atoms with Gasteiger partial charge in [-0.2, -0.15) is 0 Å². The minimum Gasteiger partial charge on any atom is -0.455 e. The van der Waals surface area contributed by atoms with Crippen LogP contribution in [-0.4, -0.2) is 39.5 Å². The summed E-state index contributed by atoms with van der Waals surface area (Å²) in [6.45, 7) is 6.52. The van der Waals surface area contributed by atoms with Crippen molar-refractivity contribution >= 4 is 34.6 Å². The molecular formula is C29H25ClN6O2S. The molecule has 0 aliphatic carbocycles. The zero-order chi connectivity index (χ0) is 27.5. The van der Waals surface area contributed by atoms with E-state index in [-0.39, 0.29) is 25.4 Å². The Balaban J connectivity index is 1.41. The van der Waals surface area contributed by atoms with Crippen molar-refractivity contribution in [1.29, 1.82) is 0 Å². The SMILES string of the molecule is Cc1sc2c(c1C)C(c1ccc(Cl)cc1)=N[C@@H](CC(=O)NCC#Cc1cc(C#CCN)co1)c1nnc(C)n1-2. The van der Waals surface area contributed by atoms with E-state index < -0.39 is 6.04 Å². The van der Waals surface area contributed by atoms with E-state index in [9.17, 15) is 4.79 Å². The van der Waals surface area contributed by atoms with E-state index in [0.29, 0.717) is 22.2 Å². The third-order valence-corrected chi connectivity index (χ3v) is 7.70. The number of furan rings is 1. The Labute approximate surface area is 235 Å². The Morgan fingerprint density at radius 3 is 2.74 bits per heavy atom. The maximum Gasteiger partial charge on any atom is 0.223 e. The predicted octanol–water partition coefficient (Wildman–Crippen LogP) is 4.26. The second kappa shape index (κ2) is 11.3. The molecule has 10 heteroatoms. The average Bonchev–Trinajstić information content (AvgIpc) is 3.59. The average molecular weight is 557 g/mol. The fourth-order valence-corrected chi connectivity index (χ4v) is 5.61. The van der Waals surface area contributed by atoms with Gasteiger partial charge in [0.15, 0.2) is 11.6 Å². The van der Waals surface area contributed by atoms with Gasteiger partial charge in [0.05, 0.1) is 30.8 Å². The van der Waals surface area contributed by atoms with Crippen LogP contribution in [0.5, 0.6) is 0 Å². The van der Waals surface area contributed by atoms with Crippen LogP contribution in [0.4, 0.5) is 0 Å². The summed E-state index contributed by atoms with van der Waals surface area (Å²) in [5.74, 6) is 13.1. The summed E-state index contributed by atoms with van der Waals surface area (Å²) in [6.07, 6.45) is 1.61. The normalized spacial score (nSPS) is 13.7. The number of carbonyl (C=O) groups excluding carboxylic acids is 1. The number of thiophene rings is 1. The molecule has 3 N–H and O–H groups in total. The number of amides is 1. The lowest BCUT2D eigenvalue weighted by molar-refractivity contribution is -0.121. The Morgan fingerprint density at radius 2 is 1.97 bits per heavy atom. The van der Waals surface area contributed by atoms with Crippen LogP contribution >= 0.6 is 22.9 Å². The molecule has 1 aliphatic rings. The van der Waals surface area contributed by atoms with Gasteiger partial charge in [-0.3, -0.25) is 14.4 Å². The fraction of sp³-hybridized carbons (Fsp3) is 0.241. The van der Waals surface area contributed by atoms with Crippen LogP contribution in [0.15, 0.2) is 46.0 Å². The van der Waals surface area contributed by atoms with Gasteiger partial charge in [-0.05, 0) is 44.4 Å². The molecular weight excluding hydrogens is 532 g/mol. The van der Waals surface area contributed by atoms with Gasteiger partial charge >= 0.3 is 0 Å². The fourth-order valence-electron chi connectivity index (χ4n) is 4.27. The van der Waals surface area contributed by atoms with E-state index in [1.54, 1.807) is 17.4 Å². The molecule has 1 atom stereocenters. The number of aromatic nitrogens is 3. The van der Waals surface area contributed by atoms with E-state index in [1.165, 1.54) is 11.1 Å². The summed E-state index contributed by atoms with van der Waals surface area (Å²) in [5.41, 5.74) is 9.97. The van der Waals surface area contributed by atoms with Crippen LogP contribution in [0, 0.1) is 44.5 Å². The summed E-state index contributed by atoms with van der Waals surface area (Å²) < 4.78 is 7.40. The molecule has 3 aromatic heterocycles. The first-order chi connectivity index (χ1) is 18.9. The van der Waals surface area contributed by atoms with Gasteiger partial charge in [-0.25, -0.2) is 0 Å². The Kier molecular flexibility index (Phi) is 7.67. The molecule has 1 aromatic carbocycles. The van der Waals surface area contributed by atoms with Crippen LogP contribution in [0.3, 0.4) is 0 Å². The highest BCUT2D eigenvalue weighted by Gasteiger charge is 2.32. The molecule has 0 spiro atoms. The predicted molar refractivity (Wildman–Crippen MR) is 152 cm³/mol. The Morgan fingerprint density at radius 1 is 1.18 bits per heavy atom. The van der Waals surface area contributed by atoms with Crippen molar-refractivity contribution < 1.29 is 9.21 Å². The summed E-state index contributed by atoms with van der Waals surface area (Å²) in [7, 11) is 0. The van der Waals surface area contributed by atoms with Gasteiger partial charge in [-0.15, -0.1) is 21.5 Å². The molecule has 0 saturated heterocycles. The number of aryl methyl sites for hydroxylation is 2. The quantitative estimate of drug-likeness (QED) is 0.365. The van der Waals surface area contributed by atoms with Crippen LogP contribution in [0.2, 0.25) is 5.02 Å². The van der Waals surface area contributed by atoms with Gasteiger partial charge in [0, 0.05) is 27.1 Å². The third-order valence-electron chi connectivity index (χ3n) is 6.26. The molecule has 0 unspecified atom stereocenters. The lowest BCUT2D eigenvalue weighted by Crippen LogP contribution is -2.25. The number of nitrogens with one attached hydrogen (secondary N) is 1. The molecule has 8 nitrogen and oxygen atoms in total. The standard InChI is InChI=1S/C29H25ClN6O2S/c1-17-18(2)39-29-26(17)27(21-8-10-22(30)11-9-21)33-24(28-35-34-19(3)36(28)29)15-25(37)32-13-5-7-23-14-20(16-38-23)6-4-12-31/h8-11,14,16,24H,12-13,15,31H2,1-3H3,(H,32,37)/t24-/m0/s1. The van der Waals surface area contributed by atoms with Crippen molar-refractivity contribution in [3.8, 4) is 28.7 Å². The zero-order valence-electron chi connectivity index (χ0n) is 21.6. The number of hydrogen-bond acceptors (Lipinski definition) is 7. The number of fused-ring (bicyclic) bond motifs is 3. The lowest BCUT2D eigenvalue weighted by atomic mass is 9.99. The molecule has 0 bridgehead atoms. The topological polar surface area (TPSA) is 111 Å². The van der Waals surface area contributed by atoms with Crippen LogP contribution in [0.1, 0.15) is 57.0 Å². The maximum atomic E-state index is 13.0. The summed E-state index contributed by atoms with van der Waals surface area (Å²) in [6, 6.07) is 8.77. The number of halogens is 1. The van der Waals surface area contributed by atoms with Crippen molar-refractivity contribution in [2.75, 3.05) is 13.1 Å². The number of aliphatic imine (C=N–C) groups is 1. The van der Waals surface area contributed by atoms with Gasteiger partial charge in [0.25, 0.3) is 0 Å². The third kappa shape index (κ3) is 5.52. The van der Waals surface area contributed by atoms with Crippen molar-refractivity contribution in [2.45, 2.75) is 33.2 Å². The molecule has 0 radical (unpaired) electrons. The van der Waals surface area contributed by atoms with Crippen molar-refractivity contribution in [3.63, 3.8) is 0 Å². The number of nitrogens with two attached hydrogens (primary N) is 1. The lowest BCUT2D eigenvalue weighted by Gasteiger charge is -2.12. The minimum atomic E-state index is -0.544. The van der Waals surface area contributed by atoms with Crippen molar-refractivity contribution in [1.82, 2.24) is 20.1 Å². The smallest absolute Gasteiger partial charge is 0.223 e. The first-order valence-electron chi connectivity index (χ1n) is 12.2. The molecule has 0 saturated carbocycles. The number of nitrogens with zero attached hydrogens (tertiary/aromatic N) is 4. The van der Waals surface area contributed by atoms with Crippen molar-refractivity contribution in [3.05, 3.63) is 86.2 Å². The molecule has 5 rings (SSSR count). The Hall–Kier alpha value is -4.15. The largest absolute Gasteiger partial charge is 0.455 e. The summed E-state index contributed by atoms with van der Waals surface area (Å²) >= 11 is 7.84. The first-order valence-corrected chi connectivity index (χ1v) is 13.4. The van der Waals surface area contributed by atoms with Gasteiger partial charge in [0.2, 0.25) is 5.91 Å². The molecule has 1 aliphatic heterocycles. The number of hydrogen-bond donors (Lipinski definition) is 2. The number of carbonyl (C=O) groups is 1. The zero-order valence-corrected chi connectivity index (χ0v) is 23.2. The van der Waals surface area contributed by atoms with Crippen LogP contribution in [-0.2, 0) is 4.79 Å². The number of rotatable bonds is 4. The van der Waals surface area contributed by atoms with Gasteiger partial charge in [0.1, 0.15) is 23.1 Å². The second-order valence-corrected chi connectivity index (χ2v) is 10.5. The molecule has 4 heterocycles. The van der Waals surface area contributed by atoms with Crippen LogP contribution < -0.4 is 11.1 Å². The highest BCUT2D eigenvalue weighted by atomic mass is 35.5. The monoisotopic (exact) mass is 556 g/mol. The van der Waals surface area contributed by atoms with Gasteiger partial charge < -0.3 is 15.5 Å². The summed E-state index contributed by atoms with van der Waals surface area (Å²) in [5, 5.41) is 13.3. The summed E-state index contributed by atoms with van der Waals surface area (Å²) in [4.78, 5) is 19.3. The van der Waals surface area contributed by atoms with E-state index in [2.05, 4.69) is 53.0 Å². The van der Waals surface area contributed by atoms with E-state index in [0.717, 1.165) is 33.2 Å². The van der Waals surface area contributed by atoms with E-state index >= 15 is 0 Å². The highest BCUT2D eigenvalue weighted by Crippen LogP contribution is 2.39. The number of benzene rings is 1. The molecule has 39 heavy (non-hydrogen) atoms. The molecule has 1 amide bonds. The van der Waals surface area contributed by atoms with E-state index in [4.69, 9.17) is 26.7 Å². The van der Waals surface area contributed by atoms with Crippen LogP contribution in [0.25, 0.3) is 5.00 Å². The highest BCUT2D eigenvalue weighted by molar-refractivity contribution is 7.15. The molecule has 0 fully saturated rings. The van der Waals surface area contributed by atoms with Gasteiger partial charge in [-0.1, -0.05) is 41.5 Å². The molecule has 196 valence electrons. The minimum absolute atomic E-state index is 0.0868. The molecule has 4 aromatic rings. The maximum absolute atomic E-state index is 13.0. The second-order valence-electron chi connectivity index (χ2n) is 8.89. The van der Waals surface area contributed by atoms with Crippen molar-refractivity contribution in [2.24, 2.45) is 10.7 Å². The Bertz CT molecular complexity index is 1710. The van der Waals surface area contributed by atoms with E-state index in [1.807, 2.05) is 35.8 Å². The first kappa shape index (κ1) is 26.5.